The maximum absolute atomic E-state index is 13.6. The first kappa shape index (κ1) is 19.0. The molecular formula is C24H24N4OS. The lowest BCUT2D eigenvalue weighted by Gasteiger charge is -2.35. The lowest BCUT2D eigenvalue weighted by molar-refractivity contribution is 0.0608. The van der Waals surface area contributed by atoms with Crippen LogP contribution in [-0.4, -0.2) is 37.8 Å². The lowest BCUT2D eigenvalue weighted by Crippen LogP contribution is -2.45. The Hall–Kier alpha value is -2.99. The molecule has 6 heteroatoms. The van der Waals surface area contributed by atoms with Gasteiger partial charge in [0.05, 0.1) is 15.6 Å². The molecule has 1 atom stereocenters. The Morgan fingerprint density at radius 3 is 2.77 bits per heavy atom. The summed E-state index contributed by atoms with van der Waals surface area (Å²) in [5.74, 6) is 0.0478. The summed E-state index contributed by atoms with van der Waals surface area (Å²) in [5, 5.41) is 0.922. The third-order valence-electron chi connectivity index (χ3n) is 5.72. The molecule has 3 aromatic heterocycles. The van der Waals surface area contributed by atoms with Crippen LogP contribution in [0.2, 0.25) is 0 Å². The largest absolute Gasteiger partial charge is 0.334 e. The number of aromatic nitrogens is 3. The number of carbonyl (C=O) groups is 1. The van der Waals surface area contributed by atoms with E-state index in [1.165, 1.54) is 0 Å². The van der Waals surface area contributed by atoms with Gasteiger partial charge in [-0.05, 0) is 43.9 Å². The third kappa shape index (κ3) is 3.63. The van der Waals surface area contributed by atoms with E-state index in [2.05, 4.69) is 11.2 Å². The van der Waals surface area contributed by atoms with Crippen LogP contribution in [0.3, 0.4) is 0 Å². The minimum atomic E-state index is 0.0478. The van der Waals surface area contributed by atoms with Crippen LogP contribution in [0.15, 0.2) is 60.9 Å². The Morgan fingerprint density at radius 1 is 1.10 bits per heavy atom. The molecule has 1 aromatic carbocycles. The van der Waals surface area contributed by atoms with Crippen molar-refractivity contribution in [3.05, 3.63) is 77.3 Å². The van der Waals surface area contributed by atoms with Crippen LogP contribution in [-0.2, 0) is 6.42 Å². The highest BCUT2D eigenvalue weighted by atomic mass is 32.1. The first-order valence-electron chi connectivity index (χ1n) is 10.5. The zero-order chi connectivity index (χ0) is 20.5. The van der Waals surface area contributed by atoms with Crippen molar-refractivity contribution in [2.24, 2.45) is 0 Å². The van der Waals surface area contributed by atoms with Gasteiger partial charge in [0.15, 0.2) is 0 Å². The van der Waals surface area contributed by atoms with E-state index in [1.807, 2.05) is 71.0 Å². The maximum atomic E-state index is 13.6. The molecule has 0 aliphatic carbocycles. The molecule has 1 aliphatic rings. The number of benzene rings is 1. The lowest BCUT2D eigenvalue weighted by atomic mass is 9.97. The van der Waals surface area contributed by atoms with E-state index in [1.54, 1.807) is 11.3 Å². The van der Waals surface area contributed by atoms with E-state index in [-0.39, 0.29) is 11.9 Å². The van der Waals surface area contributed by atoms with Gasteiger partial charge in [0.1, 0.15) is 11.3 Å². The Balaban J connectivity index is 1.44. The van der Waals surface area contributed by atoms with E-state index in [4.69, 9.17) is 4.98 Å². The number of imidazole rings is 1. The number of pyridine rings is 1. The van der Waals surface area contributed by atoms with E-state index < -0.39 is 0 Å². The Bertz CT molecular complexity index is 1150. The minimum Gasteiger partial charge on any atom is -0.334 e. The van der Waals surface area contributed by atoms with Crippen molar-refractivity contribution in [1.29, 1.82) is 0 Å². The summed E-state index contributed by atoms with van der Waals surface area (Å²) in [6.45, 7) is 2.75. The molecule has 0 saturated carbocycles. The number of likely N-dealkylation sites (tertiary alicyclic amines) is 1. The number of piperidine rings is 1. The summed E-state index contributed by atoms with van der Waals surface area (Å²) in [4.78, 5) is 26.0. The fourth-order valence-electron chi connectivity index (χ4n) is 4.30. The number of aryl methyl sites for hydroxylation is 1. The number of hydrogen-bond acceptors (Lipinski definition) is 4. The molecule has 0 N–H and O–H groups in total. The van der Waals surface area contributed by atoms with Crippen LogP contribution in [0.4, 0.5) is 0 Å². The van der Waals surface area contributed by atoms with Crippen molar-refractivity contribution in [3.8, 4) is 10.4 Å². The standard InChI is InChI=1S/C24H24N4OS/c1-17-25-22(23(30-17)18-9-3-2-4-10-18)24(29)28-14-8-5-11-20(28)15-19-16-27-13-7-6-12-21(27)26-19/h2-4,6-7,9-10,12-13,16,20H,5,8,11,14-15H2,1H3/t20-/m0/s1. The molecule has 1 amide bonds. The molecule has 1 aliphatic heterocycles. The van der Waals surface area contributed by atoms with Crippen LogP contribution in [0, 0.1) is 6.92 Å². The fourth-order valence-corrected chi connectivity index (χ4v) is 5.22. The summed E-state index contributed by atoms with van der Waals surface area (Å²) in [6, 6.07) is 16.3. The van der Waals surface area contributed by atoms with E-state index in [0.29, 0.717) is 5.69 Å². The quantitative estimate of drug-likeness (QED) is 0.470. The molecule has 5 rings (SSSR count). The summed E-state index contributed by atoms with van der Waals surface area (Å²) in [5.41, 5.74) is 3.62. The fraction of sp³-hybridized carbons (Fsp3) is 0.292. The molecule has 30 heavy (non-hydrogen) atoms. The summed E-state index contributed by atoms with van der Waals surface area (Å²) in [7, 11) is 0. The number of carbonyl (C=O) groups excluding carboxylic acids is 1. The van der Waals surface area contributed by atoms with Gasteiger partial charge in [0, 0.05) is 31.4 Å². The molecular weight excluding hydrogens is 392 g/mol. The van der Waals surface area contributed by atoms with Crippen LogP contribution < -0.4 is 0 Å². The Morgan fingerprint density at radius 2 is 1.93 bits per heavy atom. The summed E-state index contributed by atoms with van der Waals surface area (Å²) < 4.78 is 2.04. The second kappa shape index (κ2) is 8.03. The summed E-state index contributed by atoms with van der Waals surface area (Å²) in [6.07, 6.45) is 8.05. The van der Waals surface area contributed by atoms with Crippen molar-refractivity contribution in [2.75, 3.05) is 6.54 Å². The predicted octanol–water partition coefficient (Wildman–Crippen LogP) is 5.00. The van der Waals surface area contributed by atoms with Gasteiger partial charge in [-0.25, -0.2) is 9.97 Å². The number of fused-ring (bicyclic) bond motifs is 1. The van der Waals surface area contributed by atoms with Gasteiger partial charge < -0.3 is 9.30 Å². The van der Waals surface area contributed by atoms with Gasteiger partial charge in [-0.3, -0.25) is 4.79 Å². The highest BCUT2D eigenvalue weighted by Crippen LogP contribution is 2.32. The molecule has 5 nitrogen and oxygen atoms in total. The van der Waals surface area contributed by atoms with E-state index >= 15 is 0 Å². The molecule has 4 aromatic rings. The van der Waals surface area contributed by atoms with Crippen LogP contribution in [0.1, 0.15) is 40.5 Å². The zero-order valence-electron chi connectivity index (χ0n) is 17.0. The molecule has 4 heterocycles. The minimum absolute atomic E-state index is 0.0478. The highest BCUT2D eigenvalue weighted by molar-refractivity contribution is 7.15. The van der Waals surface area contributed by atoms with Gasteiger partial charge in [-0.2, -0.15) is 0 Å². The molecule has 0 unspecified atom stereocenters. The highest BCUT2D eigenvalue weighted by Gasteiger charge is 2.31. The third-order valence-corrected chi connectivity index (χ3v) is 6.74. The maximum Gasteiger partial charge on any atom is 0.274 e. The first-order chi connectivity index (χ1) is 14.7. The van der Waals surface area contributed by atoms with Crippen LogP contribution in [0.25, 0.3) is 16.1 Å². The monoisotopic (exact) mass is 416 g/mol. The smallest absolute Gasteiger partial charge is 0.274 e. The van der Waals surface area contributed by atoms with Gasteiger partial charge in [-0.1, -0.05) is 36.4 Å². The second-order valence-corrected chi connectivity index (χ2v) is 9.03. The average Bonchev–Trinajstić information content (AvgIpc) is 3.37. The Kier molecular flexibility index (Phi) is 5.09. The van der Waals surface area contributed by atoms with Gasteiger partial charge in [-0.15, -0.1) is 11.3 Å². The molecule has 0 spiro atoms. The van der Waals surface area contributed by atoms with E-state index in [9.17, 15) is 4.79 Å². The van der Waals surface area contributed by atoms with Crippen molar-refractivity contribution < 1.29 is 4.79 Å². The summed E-state index contributed by atoms with van der Waals surface area (Å²) >= 11 is 1.59. The second-order valence-electron chi connectivity index (χ2n) is 7.83. The topological polar surface area (TPSA) is 50.5 Å². The normalized spacial score (nSPS) is 16.8. The van der Waals surface area contributed by atoms with Crippen LogP contribution >= 0.6 is 11.3 Å². The number of rotatable bonds is 4. The number of amides is 1. The van der Waals surface area contributed by atoms with Gasteiger partial charge in [0.25, 0.3) is 5.91 Å². The SMILES string of the molecule is Cc1nc(C(=O)N2CCCC[C@H]2Cc2cn3ccccc3n2)c(-c2ccccc2)s1. The number of nitrogens with zero attached hydrogens (tertiary/aromatic N) is 4. The van der Waals surface area contributed by atoms with Crippen molar-refractivity contribution in [1.82, 2.24) is 19.3 Å². The molecule has 152 valence electrons. The molecule has 1 fully saturated rings. The number of hydrogen-bond donors (Lipinski definition) is 0. The van der Waals surface area contributed by atoms with Crippen molar-refractivity contribution in [3.63, 3.8) is 0 Å². The van der Waals surface area contributed by atoms with Gasteiger partial charge >= 0.3 is 0 Å². The Labute approximate surface area is 180 Å². The molecule has 1 saturated heterocycles. The average molecular weight is 417 g/mol. The molecule has 0 bridgehead atoms. The number of thiazole rings is 1. The first-order valence-corrected chi connectivity index (χ1v) is 11.3. The van der Waals surface area contributed by atoms with Crippen LogP contribution in [0.5, 0.6) is 0 Å². The molecule has 0 radical (unpaired) electrons. The van der Waals surface area contributed by atoms with Crippen molar-refractivity contribution >= 4 is 22.9 Å². The predicted molar refractivity (Wildman–Crippen MR) is 120 cm³/mol. The zero-order valence-corrected chi connectivity index (χ0v) is 17.8. The van der Waals surface area contributed by atoms with Crippen molar-refractivity contribution in [2.45, 2.75) is 38.6 Å². The van der Waals surface area contributed by atoms with E-state index in [0.717, 1.165) is 59.0 Å². The van der Waals surface area contributed by atoms with Gasteiger partial charge in [0.2, 0.25) is 0 Å².